The average Bonchev–Trinajstić information content (AvgIpc) is 3.47. The Kier molecular flexibility index (Phi) is 7.87. The van der Waals surface area contributed by atoms with Crippen molar-refractivity contribution in [1.29, 1.82) is 0 Å². The first-order valence-corrected chi connectivity index (χ1v) is 14.2. The van der Waals surface area contributed by atoms with Crippen molar-refractivity contribution in [2.75, 3.05) is 26.5 Å². The number of carbonyl (C=O) groups is 2. The van der Waals surface area contributed by atoms with Gasteiger partial charge in [-0.15, -0.1) is 0 Å². The van der Waals surface area contributed by atoms with Crippen LogP contribution in [0.15, 0.2) is 62.1 Å². The molecule has 1 atom stereocenters. The van der Waals surface area contributed by atoms with Crippen molar-refractivity contribution in [3.63, 3.8) is 0 Å². The van der Waals surface area contributed by atoms with Crippen molar-refractivity contribution in [2.24, 2.45) is 15.2 Å². The molecule has 2 aromatic rings. The van der Waals surface area contributed by atoms with Crippen molar-refractivity contribution in [3.8, 4) is 11.5 Å². The van der Waals surface area contributed by atoms with Crippen LogP contribution in [0.1, 0.15) is 36.4 Å². The first kappa shape index (κ1) is 25.8. The van der Waals surface area contributed by atoms with E-state index < -0.39 is 0 Å². The summed E-state index contributed by atoms with van der Waals surface area (Å²) in [6.07, 6.45) is 1.67. The molecule has 5 rings (SSSR count). The summed E-state index contributed by atoms with van der Waals surface area (Å²) in [6.45, 7) is 0.639. The summed E-state index contributed by atoms with van der Waals surface area (Å²) in [7, 11) is 3.18. The van der Waals surface area contributed by atoms with Crippen LogP contribution in [0.5, 0.6) is 11.5 Å². The molecule has 3 aliphatic rings. The van der Waals surface area contributed by atoms with Gasteiger partial charge in [0.2, 0.25) is 5.91 Å². The van der Waals surface area contributed by atoms with Gasteiger partial charge in [0, 0.05) is 29.4 Å². The van der Waals surface area contributed by atoms with Crippen LogP contribution in [0.25, 0.3) is 0 Å². The number of hydrogen-bond donors (Lipinski definition) is 0. The maximum absolute atomic E-state index is 13.5. The Balaban J connectivity index is 1.39. The number of hydrogen-bond acceptors (Lipinski definition) is 9. The summed E-state index contributed by atoms with van der Waals surface area (Å²) in [5.41, 5.74) is 2.59. The number of amidine groups is 1. The number of thioether (sulfide) groups is 2. The number of rotatable bonds is 6. The van der Waals surface area contributed by atoms with Gasteiger partial charge in [-0.3, -0.25) is 9.59 Å². The lowest BCUT2D eigenvalue weighted by Crippen LogP contribution is -2.29. The summed E-state index contributed by atoms with van der Waals surface area (Å²) in [5, 5.41) is 13.2. The van der Waals surface area contributed by atoms with E-state index >= 15 is 0 Å². The maximum Gasteiger partial charge on any atom is 0.253 e. The molecule has 0 bridgehead atoms. The molecule has 37 heavy (non-hydrogen) atoms. The molecule has 2 aromatic carbocycles. The second-order valence-electron chi connectivity index (χ2n) is 8.37. The van der Waals surface area contributed by atoms with E-state index in [1.165, 1.54) is 23.5 Å². The van der Waals surface area contributed by atoms with Crippen molar-refractivity contribution >= 4 is 66.5 Å². The van der Waals surface area contributed by atoms with Crippen LogP contribution in [0, 0.1) is 0 Å². The standard InChI is InChI=1S/C25H24BrN5O4S2/c1-34-20-6-3-5-17(23(20)35-2)19-13-18(15-8-10-16(26)11-9-15)28-31(19)22(33)14-36-25-29-30-12-4-7-21(32)27-24(30)37-25/h3,5-6,8-11,19H,4,7,12-14H2,1-2H3. The number of amides is 2. The smallest absolute Gasteiger partial charge is 0.253 e. The van der Waals surface area contributed by atoms with Gasteiger partial charge in [-0.05, 0) is 41.9 Å². The number of aliphatic imine (C=N–C) groups is 1. The molecule has 0 aliphatic carbocycles. The van der Waals surface area contributed by atoms with Crippen molar-refractivity contribution in [3.05, 3.63) is 58.1 Å². The molecule has 192 valence electrons. The van der Waals surface area contributed by atoms with E-state index in [4.69, 9.17) is 14.6 Å². The largest absolute Gasteiger partial charge is 0.493 e. The molecule has 0 fully saturated rings. The molecule has 0 saturated heterocycles. The number of benzene rings is 2. The zero-order chi connectivity index (χ0) is 25.9. The molecule has 3 heterocycles. The van der Waals surface area contributed by atoms with Crippen LogP contribution in [0.4, 0.5) is 0 Å². The Bertz CT molecular complexity index is 1310. The number of ether oxygens (including phenoxy) is 2. The second kappa shape index (κ2) is 11.3. The Morgan fingerprint density at radius 1 is 1.16 bits per heavy atom. The Labute approximate surface area is 231 Å². The van der Waals surface area contributed by atoms with Crippen molar-refractivity contribution in [2.45, 2.75) is 25.3 Å². The molecule has 0 radical (unpaired) electrons. The highest BCUT2D eigenvalue weighted by Crippen LogP contribution is 2.42. The number of halogens is 1. The van der Waals surface area contributed by atoms with Gasteiger partial charge in [0.05, 0.1) is 31.7 Å². The van der Waals surface area contributed by atoms with E-state index in [1.54, 1.807) is 24.2 Å². The Hall–Kier alpha value is -2.83. The van der Waals surface area contributed by atoms with Gasteiger partial charge < -0.3 is 9.47 Å². The third kappa shape index (κ3) is 5.55. The summed E-state index contributed by atoms with van der Waals surface area (Å²) < 4.78 is 12.8. The van der Waals surface area contributed by atoms with Gasteiger partial charge in [-0.25, -0.2) is 10.0 Å². The van der Waals surface area contributed by atoms with Gasteiger partial charge in [0.25, 0.3) is 5.91 Å². The predicted molar refractivity (Wildman–Crippen MR) is 150 cm³/mol. The molecule has 0 spiro atoms. The molecule has 0 saturated carbocycles. The zero-order valence-electron chi connectivity index (χ0n) is 20.2. The van der Waals surface area contributed by atoms with Crippen LogP contribution in [-0.2, 0) is 9.59 Å². The Morgan fingerprint density at radius 2 is 1.97 bits per heavy atom. The quantitative estimate of drug-likeness (QED) is 0.466. The lowest BCUT2D eigenvalue weighted by molar-refractivity contribution is -0.130. The lowest BCUT2D eigenvalue weighted by Gasteiger charge is -2.24. The molecular weight excluding hydrogens is 578 g/mol. The summed E-state index contributed by atoms with van der Waals surface area (Å²) in [5.74, 6) is 1.03. The van der Waals surface area contributed by atoms with Crippen LogP contribution in [0.2, 0.25) is 0 Å². The number of methoxy groups -OCH3 is 2. The Morgan fingerprint density at radius 3 is 2.73 bits per heavy atom. The summed E-state index contributed by atoms with van der Waals surface area (Å²) in [6, 6.07) is 13.2. The first-order valence-electron chi connectivity index (χ1n) is 11.6. The number of carbonyl (C=O) groups excluding carboxylic acids is 2. The monoisotopic (exact) mass is 601 g/mol. The topological polar surface area (TPSA) is 96.2 Å². The third-order valence-corrected chi connectivity index (χ3v) is 8.63. The number of para-hydroxylation sites is 1. The van der Waals surface area contributed by atoms with Gasteiger partial charge in [-0.2, -0.15) is 15.2 Å². The van der Waals surface area contributed by atoms with Crippen molar-refractivity contribution < 1.29 is 19.1 Å². The van der Waals surface area contributed by atoms with E-state index in [-0.39, 0.29) is 23.6 Å². The van der Waals surface area contributed by atoms with Crippen LogP contribution in [0.3, 0.4) is 0 Å². The van der Waals surface area contributed by atoms with Crippen LogP contribution in [-0.4, -0.2) is 63.6 Å². The number of nitrogens with zero attached hydrogens (tertiary/aromatic N) is 5. The fourth-order valence-corrected chi connectivity index (χ4v) is 6.40. The summed E-state index contributed by atoms with van der Waals surface area (Å²) >= 11 is 6.12. The first-order chi connectivity index (χ1) is 18.0. The highest BCUT2D eigenvalue weighted by atomic mass is 79.9. The maximum atomic E-state index is 13.5. The number of hydrazone groups is 2. The SMILES string of the molecule is COc1cccc(C2CC(c3ccc(Br)cc3)=NN2C(=O)CSC2=NN3CCCC(=O)N=C3S2)c1OC. The fourth-order valence-electron chi connectivity index (χ4n) is 4.28. The summed E-state index contributed by atoms with van der Waals surface area (Å²) in [4.78, 5) is 29.5. The minimum Gasteiger partial charge on any atom is -0.493 e. The van der Waals surface area contributed by atoms with Gasteiger partial charge in [0.15, 0.2) is 21.0 Å². The van der Waals surface area contributed by atoms with E-state index in [0.29, 0.717) is 46.8 Å². The molecule has 0 N–H and O–H groups in total. The fraction of sp³-hybridized carbons (Fsp3) is 0.320. The minimum atomic E-state index is -0.355. The van der Waals surface area contributed by atoms with E-state index in [2.05, 4.69) is 26.0 Å². The molecule has 1 unspecified atom stereocenters. The molecule has 9 nitrogen and oxygen atoms in total. The predicted octanol–water partition coefficient (Wildman–Crippen LogP) is 4.87. The third-order valence-electron chi connectivity index (χ3n) is 6.04. The number of fused-ring (bicyclic) bond motifs is 1. The van der Waals surface area contributed by atoms with E-state index in [0.717, 1.165) is 21.3 Å². The lowest BCUT2D eigenvalue weighted by atomic mass is 9.97. The van der Waals surface area contributed by atoms with E-state index in [9.17, 15) is 9.59 Å². The highest BCUT2D eigenvalue weighted by molar-refractivity contribution is 9.10. The second-order valence-corrected chi connectivity index (χ2v) is 11.5. The van der Waals surface area contributed by atoms with E-state index in [1.807, 2.05) is 42.5 Å². The average molecular weight is 603 g/mol. The minimum absolute atomic E-state index is 0.135. The molecule has 12 heteroatoms. The molecule has 0 aromatic heterocycles. The van der Waals surface area contributed by atoms with Gasteiger partial charge in [-0.1, -0.05) is 52.0 Å². The van der Waals surface area contributed by atoms with Crippen molar-refractivity contribution in [1.82, 2.24) is 10.0 Å². The molecule has 2 amide bonds. The van der Waals surface area contributed by atoms with Crippen LogP contribution < -0.4 is 9.47 Å². The van der Waals surface area contributed by atoms with Crippen LogP contribution >= 0.6 is 39.5 Å². The molecule has 3 aliphatic heterocycles. The van der Waals surface area contributed by atoms with Gasteiger partial charge in [0.1, 0.15) is 0 Å². The highest BCUT2D eigenvalue weighted by Gasteiger charge is 2.36. The zero-order valence-corrected chi connectivity index (χ0v) is 23.4. The molecular formula is C25H24BrN5O4S2. The van der Waals surface area contributed by atoms with Gasteiger partial charge >= 0.3 is 0 Å². The normalized spacial score (nSPS) is 19.2.